The molecule has 0 fully saturated rings. The van der Waals surface area contributed by atoms with Gasteiger partial charge in [0.25, 0.3) is 5.69 Å². The summed E-state index contributed by atoms with van der Waals surface area (Å²) in [5, 5.41) is 16.5. The molecule has 0 bridgehead atoms. The predicted molar refractivity (Wildman–Crippen MR) is 87.0 cm³/mol. The molecule has 1 amide bonds. The molecule has 2 N–H and O–H groups in total. The summed E-state index contributed by atoms with van der Waals surface area (Å²) in [4.78, 5) is 23.1. The Labute approximate surface area is 133 Å². The van der Waals surface area contributed by atoms with Gasteiger partial charge in [0, 0.05) is 30.1 Å². The van der Waals surface area contributed by atoms with Crippen molar-refractivity contribution in [3.05, 3.63) is 46.0 Å². The molecule has 1 atom stereocenters. The Morgan fingerprint density at radius 2 is 2.18 bits per heavy atom. The zero-order chi connectivity index (χ0) is 15.9. The minimum Gasteiger partial charge on any atom is -0.351 e. The van der Waals surface area contributed by atoms with Crippen LogP contribution in [0.5, 0.6) is 0 Å². The van der Waals surface area contributed by atoms with Crippen molar-refractivity contribution in [2.24, 2.45) is 0 Å². The topological polar surface area (TPSA) is 84.3 Å². The summed E-state index contributed by atoms with van der Waals surface area (Å²) < 4.78 is 0. The minimum atomic E-state index is -0.433. The van der Waals surface area contributed by atoms with Crippen molar-refractivity contribution >= 4 is 23.4 Å². The number of nitro groups is 1. The number of benzene rings is 1. The van der Waals surface area contributed by atoms with Gasteiger partial charge in [-0.3, -0.25) is 14.9 Å². The highest BCUT2D eigenvalue weighted by atomic mass is 32.2. The molecule has 0 spiro atoms. The van der Waals surface area contributed by atoms with E-state index in [1.807, 2.05) is 6.92 Å². The molecule has 1 aromatic carbocycles. The maximum atomic E-state index is 12.1. The fraction of sp³-hybridized carbons (Fsp3) is 0.400. The van der Waals surface area contributed by atoms with Gasteiger partial charge >= 0.3 is 0 Å². The molecular formula is C15H19N3O3S. The monoisotopic (exact) mass is 321 g/mol. The molecule has 1 aliphatic heterocycles. The molecule has 2 rings (SSSR count). The molecule has 1 unspecified atom stereocenters. The summed E-state index contributed by atoms with van der Waals surface area (Å²) in [7, 11) is 0. The van der Waals surface area contributed by atoms with Crippen LogP contribution in [0.25, 0.3) is 0 Å². The zero-order valence-electron chi connectivity index (χ0n) is 12.4. The van der Waals surface area contributed by atoms with Gasteiger partial charge in [0.1, 0.15) is 0 Å². The Hall–Kier alpha value is -1.86. The number of carbonyl (C=O) groups excluding carboxylic acids is 1. The van der Waals surface area contributed by atoms with Crippen LogP contribution in [0.15, 0.2) is 40.8 Å². The lowest BCUT2D eigenvalue weighted by molar-refractivity contribution is -0.384. The van der Waals surface area contributed by atoms with Gasteiger partial charge in [0.2, 0.25) is 5.91 Å². The fourth-order valence-electron chi connectivity index (χ4n) is 2.08. The van der Waals surface area contributed by atoms with E-state index in [0.29, 0.717) is 6.54 Å². The highest BCUT2D eigenvalue weighted by Gasteiger charge is 2.15. The van der Waals surface area contributed by atoms with Crippen LogP contribution >= 0.6 is 11.8 Å². The first-order valence-corrected chi connectivity index (χ1v) is 8.01. The lowest BCUT2D eigenvalue weighted by Crippen LogP contribution is -2.34. The number of hydrogen-bond acceptors (Lipinski definition) is 5. The number of carbonyl (C=O) groups is 1. The molecule has 1 aliphatic rings. The molecule has 0 saturated heterocycles. The van der Waals surface area contributed by atoms with Gasteiger partial charge in [-0.25, -0.2) is 0 Å². The summed E-state index contributed by atoms with van der Waals surface area (Å²) in [6.07, 6.45) is 3.07. The van der Waals surface area contributed by atoms with Crippen LogP contribution in [0, 0.1) is 10.1 Å². The van der Waals surface area contributed by atoms with Crippen molar-refractivity contribution in [1.29, 1.82) is 0 Å². The number of nitro benzene ring substituents is 1. The fourth-order valence-corrected chi connectivity index (χ4v) is 2.97. The van der Waals surface area contributed by atoms with Crippen LogP contribution in [0.2, 0.25) is 0 Å². The third-order valence-electron chi connectivity index (χ3n) is 3.38. The molecular weight excluding hydrogens is 302 g/mol. The molecule has 1 aromatic rings. The molecule has 118 valence electrons. The van der Waals surface area contributed by atoms with E-state index in [1.54, 1.807) is 12.1 Å². The molecule has 7 heteroatoms. The number of rotatable bonds is 6. The Bertz CT molecular complexity index is 572. The average molecular weight is 321 g/mol. The first-order chi connectivity index (χ1) is 10.6. The number of amides is 1. The van der Waals surface area contributed by atoms with E-state index in [2.05, 4.69) is 16.7 Å². The highest BCUT2D eigenvalue weighted by Crippen LogP contribution is 2.25. The van der Waals surface area contributed by atoms with Crippen LogP contribution in [0.3, 0.4) is 0 Å². The Kier molecular flexibility index (Phi) is 5.97. The van der Waals surface area contributed by atoms with Gasteiger partial charge in [-0.1, -0.05) is 11.6 Å². The number of nitrogens with one attached hydrogen (secondary N) is 2. The molecule has 22 heavy (non-hydrogen) atoms. The second-order valence-electron chi connectivity index (χ2n) is 5.05. The van der Waals surface area contributed by atoms with Crippen molar-refractivity contribution in [3.8, 4) is 0 Å². The molecule has 0 radical (unpaired) electrons. The van der Waals surface area contributed by atoms with Gasteiger partial charge in [0.05, 0.1) is 10.2 Å². The molecule has 1 heterocycles. The largest absolute Gasteiger partial charge is 0.351 e. The minimum absolute atomic E-state index is 0.0252. The van der Waals surface area contributed by atoms with Crippen LogP contribution < -0.4 is 10.6 Å². The van der Waals surface area contributed by atoms with Crippen molar-refractivity contribution in [3.63, 3.8) is 0 Å². The lowest BCUT2D eigenvalue weighted by atomic mass is 10.1. The number of hydrogen-bond donors (Lipinski definition) is 2. The van der Waals surface area contributed by atoms with Crippen LogP contribution in [0.4, 0.5) is 5.69 Å². The van der Waals surface area contributed by atoms with Crippen molar-refractivity contribution in [2.45, 2.75) is 23.5 Å². The Morgan fingerprint density at radius 3 is 2.77 bits per heavy atom. The number of non-ortho nitro benzene ring substituents is 1. The second kappa shape index (κ2) is 7.95. The first-order valence-electron chi connectivity index (χ1n) is 7.13. The summed E-state index contributed by atoms with van der Waals surface area (Å²) in [6, 6.07) is 6.24. The average Bonchev–Trinajstić information content (AvgIpc) is 2.54. The molecule has 0 saturated carbocycles. The van der Waals surface area contributed by atoms with E-state index < -0.39 is 4.92 Å². The van der Waals surface area contributed by atoms with Crippen LogP contribution in [0.1, 0.15) is 13.3 Å². The molecule has 0 aliphatic carbocycles. The van der Waals surface area contributed by atoms with E-state index in [9.17, 15) is 14.9 Å². The van der Waals surface area contributed by atoms with Crippen molar-refractivity contribution in [2.75, 3.05) is 19.6 Å². The summed E-state index contributed by atoms with van der Waals surface area (Å²) in [5.74, 6) is -0.0252. The maximum Gasteiger partial charge on any atom is 0.269 e. The standard InChI is InChI=1S/C15H19N3O3S/c1-11(15(19)17-10-12-6-8-16-9-7-12)22-14-4-2-13(3-5-14)18(20)21/h2-6,11,16H,7-10H2,1H3,(H,17,19). The van der Waals surface area contributed by atoms with E-state index in [-0.39, 0.29) is 16.8 Å². The van der Waals surface area contributed by atoms with Gasteiger partial charge in [0.15, 0.2) is 0 Å². The second-order valence-corrected chi connectivity index (χ2v) is 6.46. The van der Waals surface area contributed by atoms with Gasteiger partial charge in [-0.2, -0.15) is 0 Å². The van der Waals surface area contributed by atoms with Gasteiger partial charge in [-0.15, -0.1) is 11.8 Å². The zero-order valence-corrected chi connectivity index (χ0v) is 13.2. The lowest BCUT2D eigenvalue weighted by Gasteiger charge is -2.16. The van der Waals surface area contributed by atoms with Crippen LogP contribution in [-0.4, -0.2) is 35.7 Å². The quantitative estimate of drug-likeness (QED) is 0.363. The maximum absolute atomic E-state index is 12.1. The Morgan fingerprint density at radius 1 is 1.45 bits per heavy atom. The van der Waals surface area contributed by atoms with E-state index in [0.717, 1.165) is 24.4 Å². The normalized spacial score (nSPS) is 15.8. The van der Waals surface area contributed by atoms with Crippen molar-refractivity contribution < 1.29 is 9.72 Å². The SMILES string of the molecule is CC(Sc1ccc([N+](=O)[O-])cc1)C(=O)NCC1=CCNCC1. The van der Waals surface area contributed by atoms with E-state index >= 15 is 0 Å². The third-order valence-corrected chi connectivity index (χ3v) is 4.49. The highest BCUT2D eigenvalue weighted by molar-refractivity contribution is 8.00. The summed E-state index contributed by atoms with van der Waals surface area (Å²) in [6.45, 7) is 4.23. The predicted octanol–water partition coefficient (Wildman–Crippen LogP) is 2.11. The molecule has 6 nitrogen and oxygen atoms in total. The summed E-state index contributed by atoms with van der Waals surface area (Å²) in [5.41, 5.74) is 1.30. The third kappa shape index (κ3) is 4.85. The van der Waals surface area contributed by atoms with E-state index in [4.69, 9.17) is 0 Å². The van der Waals surface area contributed by atoms with E-state index in [1.165, 1.54) is 29.5 Å². The molecule has 0 aromatic heterocycles. The van der Waals surface area contributed by atoms with Gasteiger partial charge in [-0.05, 0) is 32.0 Å². The van der Waals surface area contributed by atoms with Crippen molar-refractivity contribution in [1.82, 2.24) is 10.6 Å². The van der Waals surface area contributed by atoms with Crippen LogP contribution in [-0.2, 0) is 4.79 Å². The first kappa shape index (κ1) is 16.5. The Balaban J connectivity index is 1.82. The smallest absolute Gasteiger partial charge is 0.269 e. The number of thioether (sulfide) groups is 1. The number of nitrogens with zero attached hydrogens (tertiary/aromatic N) is 1. The van der Waals surface area contributed by atoms with Gasteiger partial charge < -0.3 is 10.6 Å². The summed E-state index contributed by atoms with van der Waals surface area (Å²) >= 11 is 1.39.